The second-order valence-electron chi connectivity index (χ2n) is 2.37. The van der Waals surface area contributed by atoms with Gasteiger partial charge in [-0.1, -0.05) is 22.0 Å². The van der Waals surface area contributed by atoms with Crippen LogP contribution in [0.2, 0.25) is 0 Å². The van der Waals surface area contributed by atoms with Crippen molar-refractivity contribution < 1.29 is 14.3 Å². The molecule has 0 heterocycles. The molecule has 0 spiro atoms. The monoisotopic (exact) mass is 310 g/mol. The number of carbonyl (C=O) groups is 1. The van der Waals surface area contributed by atoms with E-state index in [1.807, 2.05) is 0 Å². The van der Waals surface area contributed by atoms with Crippen LogP contribution >= 0.6 is 31.9 Å². The van der Waals surface area contributed by atoms with E-state index >= 15 is 0 Å². The molecule has 70 valence electrons. The van der Waals surface area contributed by atoms with Crippen LogP contribution in [0, 0.1) is 5.82 Å². The summed E-state index contributed by atoms with van der Waals surface area (Å²) in [7, 11) is 0. The topological polar surface area (TPSA) is 37.3 Å². The largest absolute Gasteiger partial charge is 0.480 e. The van der Waals surface area contributed by atoms with Crippen molar-refractivity contribution in [3.05, 3.63) is 34.1 Å². The third-order valence-corrected chi connectivity index (χ3v) is 2.98. The quantitative estimate of drug-likeness (QED) is 0.852. The fourth-order valence-electron chi connectivity index (χ4n) is 0.813. The Labute approximate surface area is 91.0 Å². The predicted molar refractivity (Wildman–Crippen MR) is 53.4 cm³/mol. The van der Waals surface area contributed by atoms with Crippen molar-refractivity contribution in [3.8, 4) is 0 Å². The fourth-order valence-corrected chi connectivity index (χ4v) is 1.49. The summed E-state index contributed by atoms with van der Waals surface area (Å²) in [5.41, 5.74) is 0.501. The first-order valence-corrected chi connectivity index (χ1v) is 5.05. The summed E-state index contributed by atoms with van der Waals surface area (Å²) in [4.78, 5) is 9.74. The van der Waals surface area contributed by atoms with Gasteiger partial charge in [0.2, 0.25) is 0 Å². The zero-order chi connectivity index (χ0) is 10.0. The Bertz CT molecular complexity index is 341. The van der Waals surface area contributed by atoms with Crippen molar-refractivity contribution >= 4 is 37.8 Å². The Hall–Kier alpha value is -0.420. The molecule has 0 aliphatic rings. The maximum atomic E-state index is 12.8. The van der Waals surface area contributed by atoms with Gasteiger partial charge in [0.15, 0.2) is 0 Å². The zero-order valence-electron chi connectivity index (χ0n) is 6.30. The SMILES string of the molecule is O=C(O)C(Br)c1ccc(F)c(Br)c1. The summed E-state index contributed by atoms with van der Waals surface area (Å²) in [5, 5.41) is 8.64. The Morgan fingerprint density at radius 1 is 1.54 bits per heavy atom. The number of carboxylic acid groups (broad SMARTS) is 1. The summed E-state index contributed by atoms with van der Waals surface area (Å²) in [6, 6.07) is 4.08. The molecule has 0 radical (unpaired) electrons. The number of carboxylic acids is 1. The second-order valence-corrected chi connectivity index (χ2v) is 4.14. The van der Waals surface area contributed by atoms with Gasteiger partial charge >= 0.3 is 5.97 Å². The van der Waals surface area contributed by atoms with Gasteiger partial charge in [0.1, 0.15) is 10.6 Å². The van der Waals surface area contributed by atoms with Gasteiger partial charge in [-0.25, -0.2) is 4.39 Å². The van der Waals surface area contributed by atoms with Crippen molar-refractivity contribution in [2.24, 2.45) is 0 Å². The Morgan fingerprint density at radius 2 is 2.15 bits per heavy atom. The standard InChI is InChI=1S/C8H5Br2FO2/c9-5-3-4(1-2-6(5)11)7(10)8(12)13/h1-3,7H,(H,12,13). The number of hydrogen-bond donors (Lipinski definition) is 1. The van der Waals surface area contributed by atoms with Crippen LogP contribution in [0.4, 0.5) is 4.39 Å². The number of rotatable bonds is 2. The minimum atomic E-state index is -1.00. The molecule has 13 heavy (non-hydrogen) atoms. The summed E-state index contributed by atoms with van der Waals surface area (Å²) in [6.07, 6.45) is 0. The minimum Gasteiger partial charge on any atom is -0.480 e. The molecule has 1 unspecified atom stereocenters. The average Bonchev–Trinajstić information content (AvgIpc) is 2.08. The molecule has 1 atom stereocenters. The highest BCUT2D eigenvalue weighted by Crippen LogP contribution is 2.26. The average molecular weight is 312 g/mol. The molecular formula is C8H5Br2FO2. The van der Waals surface area contributed by atoms with Crippen molar-refractivity contribution in [1.29, 1.82) is 0 Å². The molecule has 0 aromatic heterocycles. The first kappa shape index (κ1) is 10.7. The molecule has 0 bridgehead atoms. The van der Waals surface area contributed by atoms with Crippen LogP contribution in [0.5, 0.6) is 0 Å². The molecule has 0 fully saturated rings. The van der Waals surface area contributed by atoms with E-state index in [4.69, 9.17) is 5.11 Å². The maximum absolute atomic E-state index is 12.8. The third kappa shape index (κ3) is 2.51. The van der Waals surface area contributed by atoms with E-state index in [1.165, 1.54) is 18.2 Å². The van der Waals surface area contributed by atoms with Crippen LogP contribution in [-0.4, -0.2) is 11.1 Å². The molecule has 1 N–H and O–H groups in total. The first-order chi connectivity index (χ1) is 6.02. The fraction of sp³-hybridized carbons (Fsp3) is 0.125. The van der Waals surface area contributed by atoms with Crippen LogP contribution < -0.4 is 0 Å². The Kier molecular flexibility index (Phi) is 3.44. The van der Waals surface area contributed by atoms with Gasteiger partial charge in [-0.15, -0.1) is 0 Å². The lowest BCUT2D eigenvalue weighted by molar-refractivity contribution is -0.136. The summed E-state index contributed by atoms with van der Waals surface area (Å²) < 4.78 is 13.0. The van der Waals surface area contributed by atoms with Gasteiger partial charge in [-0.3, -0.25) is 4.79 Å². The van der Waals surface area contributed by atoms with Gasteiger partial charge < -0.3 is 5.11 Å². The second kappa shape index (κ2) is 4.19. The first-order valence-electron chi connectivity index (χ1n) is 3.34. The number of hydrogen-bond acceptors (Lipinski definition) is 1. The lowest BCUT2D eigenvalue weighted by atomic mass is 10.1. The van der Waals surface area contributed by atoms with Gasteiger partial charge in [-0.05, 0) is 33.6 Å². The van der Waals surface area contributed by atoms with Crippen LogP contribution in [0.1, 0.15) is 10.4 Å². The Morgan fingerprint density at radius 3 is 2.62 bits per heavy atom. The van der Waals surface area contributed by atoms with Crippen molar-refractivity contribution in [2.45, 2.75) is 4.83 Å². The molecule has 0 saturated carbocycles. The number of aliphatic carboxylic acids is 1. The molecule has 0 amide bonds. The summed E-state index contributed by atoms with van der Waals surface area (Å²) >= 11 is 5.94. The number of halogens is 3. The minimum absolute atomic E-state index is 0.260. The molecule has 1 aromatic carbocycles. The molecule has 2 nitrogen and oxygen atoms in total. The van der Waals surface area contributed by atoms with Crippen molar-refractivity contribution in [3.63, 3.8) is 0 Å². The lowest BCUT2D eigenvalue weighted by Crippen LogP contribution is -2.04. The van der Waals surface area contributed by atoms with Gasteiger partial charge in [0.25, 0.3) is 0 Å². The van der Waals surface area contributed by atoms with Gasteiger partial charge in [0, 0.05) is 0 Å². The van der Waals surface area contributed by atoms with Crippen LogP contribution in [-0.2, 0) is 4.79 Å². The van der Waals surface area contributed by atoms with E-state index in [9.17, 15) is 9.18 Å². The van der Waals surface area contributed by atoms with E-state index < -0.39 is 16.6 Å². The van der Waals surface area contributed by atoms with E-state index in [0.717, 1.165) is 0 Å². The number of alkyl halides is 1. The molecule has 0 aliphatic heterocycles. The van der Waals surface area contributed by atoms with Crippen LogP contribution in [0.3, 0.4) is 0 Å². The predicted octanol–water partition coefficient (Wildman–Crippen LogP) is 3.11. The highest BCUT2D eigenvalue weighted by molar-refractivity contribution is 9.10. The van der Waals surface area contributed by atoms with E-state index in [1.54, 1.807) is 0 Å². The Balaban J connectivity index is 3.03. The summed E-state index contributed by atoms with van der Waals surface area (Å²) in [6.45, 7) is 0. The van der Waals surface area contributed by atoms with Crippen molar-refractivity contribution in [1.82, 2.24) is 0 Å². The van der Waals surface area contributed by atoms with Gasteiger partial charge in [0.05, 0.1) is 4.47 Å². The summed E-state index contributed by atoms with van der Waals surface area (Å²) in [5.74, 6) is -1.41. The maximum Gasteiger partial charge on any atom is 0.321 e. The highest BCUT2D eigenvalue weighted by atomic mass is 79.9. The molecular weight excluding hydrogens is 307 g/mol. The molecule has 5 heteroatoms. The van der Waals surface area contributed by atoms with Crippen LogP contribution in [0.25, 0.3) is 0 Å². The normalized spacial score (nSPS) is 12.5. The molecule has 0 saturated heterocycles. The van der Waals surface area contributed by atoms with E-state index in [2.05, 4.69) is 31.9 Å². The van der Waals surface area contributed by atoms with Crippen molar-refractivity contribution in [2.75, 3.05) is 0 Å². The molecule has 1 aromatic rings. The van der Waals surface area contributed by atoms with E-state index in [0.29, 0.717) is 5.56 Å². The lowest BCUT2D eigenvalue weighted by Gasteiger charge is -2.05. The number of benzene rings is 1. The van der Waals surface area contributed by atoms with E-state index in [-0.39, 0.29) is 4.47 Å². The molecule has 0 aliphatic carbocycles. The molecule has 1 rings (SSSR count). The highest BCUT2D eigenvalue weighted by Gasteiger charge is 2.16. The smallest absolute Gasteiger partial charge is 0.321 e. The van der Waals surface area contributed by atoms with Crippen LogP contribution in [0.15, 0.2) is 22.7 Å². The third-order valence-electron chi connectivity index (χ3n) is 1.45. The zero-order valence-corrected chi connectivity index (χ0v) is 9.47. The van der Waals surface area contributed by atoms with Gasteiger partial charge in [-0.2, -0.15) is 0 Å².